The van der Waals surface area contributed by atoms with Crippen LogP contribution < -0.4 is 17.2 Å². The topological polar surface area (TPSA) is 386 Å². The SMILES string of the molecule is CCO.CCOC(=O)C1=C(CSc2nc3c(c(-c4cccs4)c2C#N)CCCC3)OC(N)=C(C#N)C1c1ccccc1Cl.CCOC(=O)C1=C(CSc2nc3c(c(-c4cccs4)c2C#N)CCCC3)OC(N)=C(C#N)C1c1ccccc1Cl.CCOC(=O)C1=C(CSc2nc3c(c(-c4cccs4)c2C#N)CCCC3)OC(N)=C(C#N)C1c1ccccc1Cl. The van der Waals surface area contributed by atoms with Gasteiger partial charge in [0, 0.05) is 70.1 Å². The zero-order chi connectivity index (χ0) is 87.4. The van der Waals surface area contributed by atoms with E-state index in [0.717, 1.165) is 142 Å². The number of aromatic nitrogens is 3. The molecule has 15 rings (SSSR count). The van der Waals surface area contributed by atoms with Crippen LogP contribution in [-0.4, -0.2) is 81.7 Å². The van der Waals surface area contributed by atoms with Crippen LogP contribution in [0.4, 0.5) is 0 Å². The van der Waals surface area contributed by atoms with E-state index in [1.807, 2.05) is 52.5 Å². The molecule has 6 aromatic heterocycles. The van der Waals surface area contributed by atoms with Crippen LogP contribution in [-0.2, 0) is 81.3 Å². The number of nitrogens with two attached hydrogens (primary N) is 3. The van der Waals surface area contributed by atoms with E-state index in [9.17, 15) is 46.0 Å². The summed E-state index contributed by atoms with van der Waals surface area (Å²) in [5.41, 5.74) is 31.8. The number of hydrogen-bond donors (Lipinski definition) is 4. The average Bonchev–Trinajstić information content (AvgIpc) is 1.74. The van der Waals surface area contributed by atoms with Gasteiger partial charge in [0.25, 0.3) is 0 Å². The number of carbonyl (C=O) groups is 3. The number of hydrogen-bond acceptors (Lipinski definition) is 28. The van der Waals surface area contributed by atoms with Crippen LogP contribution in [0.1, 0.15) is 151 Å². The number of aliphatic hydroxyl groups is 1. The molecule has 3 aliphatic carbocycles. The molecule has 3 aromatic carbocycles. The fourth-order valence-corrected chi connectivity index (χ4v) is 21.4. The molecule has 0 saturated heterocycles. The fourth-order valence-electron chi connectivity index (χ4n) is 15.4. The predicted octanol–water partition coefficient (Wildman–Crippen LogP) is 19.9. The molecule has 0 amide bonds. The minimum Gasteiger partial charge on any atom is -0.463 e. The number of carbonyl (C=O) groups excluding carboxylic acids is 3. The number of thioether (sulfide) groups is 3. The molecule has 31 heteroatoms. The van der Waals surface area contributed by atoms with Crippen molar-refractivity contribution in [3.05, 3.63) is 276 Å². The minimum atomic E-state index is -0.865. The van der Waals surface area contributed by atoms with E-state index in [-0.39, 0.29) is 112 Å². The molecular weight excluding hydrogens is 1730 g/mol. The number of esters is 3. The molecule has 3 aliphatic heterocycles. The lowest BCUT2D eigenvalue weighted by Crippen LogP contribution is -2.27. The van der Waals surface area contributed by atoms with Crippen molar-refractivity contribution in [2.75, 3.05) is 43.7 Å². The fraction of sp³-hybridized carbons (Fsp3) is 0.283. The van der Waals surface area contributed by atoms with Gasteiger partial charge in [0.1, 0.15) is 85.5 Å². The number of allylic oxidation sites excluding steroid dienone is 3. The van der Waals surface area contributed by atoms with Gasteiger partial charge in [0.05, 0.1) is 88.2 Å². The van der Waals surface area contributed by atoms with E-state index in [1.165, 1.54) is 35.3 Å². The molecule has 3 unspecified atom stereocenters. The Morgan fingerprint density at radius 2 is 0.683 bits per heavy atom. The highest BCUT2D eigenvalue weighted by Gasteiger charge is 2.43. The molecule has 123 heavy (non-hydrogen) atoms. The minimum absolute atomic E-state index is 0.0782. The lowest BCUT2D eigenvalue weighted by atomic mass is 9.83. The van der Waals surface area contributed by atoms with Crippen LogP contribution in [0.25, 0.3) is 31.3 Å². The number of benzene rings is 3. The van der Waals surface area contributed by atoms with Crippen LogP contribution in [0.2, 0.25) is 15.1 Å². The second-order valence-corrected chi connectivity index (χ2v) is 34.8. The molecule has 9 heterocycles. The van der Waals surface area contributed by atoms with Gasteiger partial charge in [-0.1, -0.05) is 143 Å². The molecule has 0 spiro atoms. The molecule has 6 aliphatic rings. The normalized spacial score (nSPS) is 16.3. The number of aliphatic hydroxyl groups excluding tert-OH is 1. The zero-order valence-corrected chi connectivity index (χ0v) is 74.4. The summed E-state index contributed by atoms with van der Waals surface area (Å²) in [7, 11) is 0. The van der Waals surface area contributed by atoms with E-state index in [4.69, 9.17) is 100 Å². The van der Waals surface area contributed by atoms with Crippen molar-refractivity contribution in [1.82, 2.24) is 15.0 Å². The molecule has 0 saturated carbocycles. The first-order valence-corrected chi connectivity index (χ1v) is 46.2. The summed E-state index contributed by atoms with van der Waals surface area (Å²) in [6.45, 7) is 7.45. The monoisotopic (exact) mass is 1810 g/mol. The second-order valence-electron chi connectivity index (χ2n) is 27.9. The molecule has 9 aromatic rings. The molecule has 7 N–H and O–H groups in total. The van der Waals surface area contributed by atoms with E-state index < -0.39 is 35.7 Å². The molecule has 0 fully saturated rings. The number of rotatable bonds is 21. The summed E-state index contributed by atoms with van der Waals surface area (Å²) in [6, 6.07) is 46.4. The number of nitriles is 6. The number of fused-ring (bicyclic) bond motifs is 3. The van der Waals surface area contributed by atoms with Gasteiger partial charge in [-0.15, -0.1) is 34.0 Å². The maximum atomic E-state index is 13.4. The largest absolute Gasteiger partial charge is 0.463 e. The Morgan fingerprint density at radius 3 is 0.911 bits per heavy atom. The lowest BCUT2D eigenvalue weighted by Gasteiger charge is -2.28. The Kier molecular flexibility index (Phi) is 31.9. The van der Waals surface area contributed by atoms with Gasteiger partial charge < -0.3 is 50.7 Å². The third kappa shape index (κ3) is 20.0. The Labute approximate surface area is 752 Å². The summed E-state index contributed by atoms with van der Waals surface area (Å²) in [5, 5.41) is 77.2. The average molecular weight is 1810 g/mol. The summed E-state index contributed by atoms with van der Waals surface area (Å²) >= 11 is 28.3. The van der Waals surface area contributed by atoms with Crippen LogP contribution in [0.5, 0.6) is 0 Å². The van der Waals surface area contributed by atoms with Gasteiger partial charge in [-0.25, -0.2) is 29.3 Å². The Hall–Kier alpha value is -11.3. The van der Waals surface area contributed by atoms with E-state index in [0.29, 0.717) is 63.5 Å². The molecule has 0 bridgehead atoms. The van der Waals surface area contributed by atoms with E-state index >= 15 is 0 Å². The zero-order valence-electron chi connectivity index (χ0n) is 67.3. The lowest BCUT2D eigenvalue weighted by molar-refractivity contribution is -0.140. The van der Waals surface area contributed by atoms with Crippen molar-refractivity contribution < 1.29 is 47.9 Å². The van der Waals surface area contributed by atoms with Crippen LogP contribution in [0.3, 0.4) is 0 Å². The third-order valence-corrected chi connectivity index (χ3v) is 27.2. The van der Waals surface area contributed by atoms with Crippen LogP contribution in [0, 0.1) is 68.0 Å². The van der Waals surface area contributed by atoms with Crippen molar-refractivity contribution in [3.63, 3.8) is 0 Å². The van der Waals surface area contributed by atoms with E-state index in [1.54, 1.807) is 135 Å². The maximum Gasteiger partial charge on any atom is 0.338 e. The number of aryl methyl sites for hydroxylation is 3. The molecular formula is C92H81Cl3N12O10S6. The summed E-state index contributed by atoms with van der Waals surface area (Å²) in [5.74, 6) is -3.64. The summed E-state index contributed by atoms with van der Waals surface area (Å²) in [6.07, 6.45) is 11.5. The molecule has 626 valence electrons. The summed E-state index contributed by atoms with van der Waals surface area (Å²) < 4.78 is 33.9. The first-order chi connectivity index (χ1) is 59.8. The number of thiophene rings is 3. The standard InChI is InChI=1S/3C30H25ClN4O3S2.C2H6O/c3*1-2-37-30(36)27-23(38-28(34)19(14-32)26(27)17-8-3-5-10-21(17)31)16-40-29-20(15-33)25(24-12-7-13-39-24)18-9-4-6-11-22(18)35-29;1-2-3/h3*3,5,7-8,10,12-13,26H,2,4,6,9,11,16,34H2,1H3;3H,2H2,1H3. The molecule has 0 radical (unpaired) electrons. The Balaban J connectivity index is 0.000000166. The quantitative estimate of drug-likeness (QED) is 0.0295. The highest BCUT2D eigenvalue weighted by Crippen LogP contribution is 2.50. The van der Waals surface area contributed by atoms with Crippen molar-refractivity contribution >= 4 is 122 Å². The molecule has 22 nitrogen and oxygen atoms in total. The number of ether oxygens (including phenoxy) is 6. The van der Waals surface area contributed by atoms with Crippen molar-refractivity contribution in [1.29, 1.82) is 31.6 Å². The number of halogens is 3. The highest BCUT2D eigenvalue weighted by molar-refractivity contribution is 8.00. The van der Waals surface area contributed by atoms with Gasteiger partial charge in [0.15, 0.2) is 0 Å². The van der Waals surface area contributed by atoms with E-state index in [2.05, 4.69) is 36.4 Å². The third-order valence-electron chi connectivity index (χ3n) is 20.6. The first-order valence-electron chi connectivity index (χ1n) is 39.5. The van der Waals surface area contributed by atoms with Crippen LogP contribution >= 0.6 is 104 Å². The summed E-state index contributed by atoms with van der Waals surface area (Å²) in [4.78, 5) is 57.9. The van der Waals surface area contributed by atoms with Gasteiger partial charge in [-0.05, 0) is 191 Å². The van der Waals surface area contributed by atoms with Crippen LogP contribution in [0.15, 0.2) is 209 Å². The number of nitrogens with zero attached hydrogens (tertiary/aromatic N) is 9. The molecule has 3 atom stereocenters. The maximum absolute atomic E-state index is 13.4. The van der Waals surface area contributed by atoms with Crippen molar-refractivity contribution in [2.45, 2.75) is 138 Å². The van der Waals surface area contributed by atoms with Gasteiger partial charge in [-0.2, -0.15) is 31.6 Å². The Morgan fingerprint density at radius 1 is 0.423 bits per heavy atom. The van der Waals surface area contributed by atoms with Crippen molar-refractivity contribution in [2.24, 2.45) is 17.2 Å². The smallest absolute Gasteiger partial charge is 0.338 e. The van der Waals surface area contributed by atoms with Crippen molar-refractivity contribution in [3.8, 4) is 67.7 Å². The first kappa shape index (κ1) is 90.9. The number of pyridine rings is 3. The van der Waals surface area contributed by atoms with Gasteiger partial charge in [-0.3, -0.25) is 0 Å². The van der Waals surface area contributed by atoms with Gasteiger partial charge in [0.2, 0.25) is 17.6 Å². The second kappa shape index (κ2) is 43.1. The van der Waals surface area contributed by atoms with Gasteiger partial charge >= 0.3 is 17.9 Å². The predicted molar refractivity (Wildman–Crippen MR) is 479 cm³/mol. The highest BCUT2D eigenvalue weighted by atomic mass is 35.5. The Bertz CT molecular complexity index is 5450.